The summed E-state index contributed by atoms with van der Waals surface area (Å²) in [5, 5.41) is 3.70. The second-order valence-corrected chi connectivity index (χ2v) is 7.80. The molecule has 0 saturated carbocycles. The van der Waals surface area contributed by atoms with Crippen LogP contribution in [0.4, 0.5) is 5.69 Å². The molecule has 0 saturated heterocycles. The molecule has 0 fully saturated rings. The van der Waals surface area contributed by atoms with Crippen molar-refractivity contribution in [2.45, 2.75) is 20.8 Å². The Morgan fingerprint density at radius 1 is 1.00 bits per heavy atom. The number of nitrogens with one attached hydrogen (secondary N) is 1. The molecule has 0 aromatic heterocycles. The Morgan fingerprint density at radius 3 is 2.29 bits per heavy atom. The quantitative estimate of drug-likeness (QED) is 0.855. The molecular formula is C18H17ClN2O2S. The van der Waals surface area contributed by atoms with Crippen LogP contribution in [0.25, 0.3) is 4.91 Å². The summed E-state index contributed by atoms with van der Waals surface area (Å²) >= 11 is 5.89. The molecule has 1 aliphatic rings. The lowest BCUT2D eigenvalue weighted by Crippen LogP contribution is -2.12. The molecule has 0 bridgehead atoms. The number of halogens is 1. The number of aryl methyl sites for hydroxylation is 2. The fraction of sp³-hybridized carbons (Fsp3) is 0.167. The van der Waals surface area contributed by atoms with E-state index in [2.05, 4.69) is 9.71 Å². The van der Waals surface area contributed by atoms with Crippen molar-refractivity contribution in [1.29, 1.82) is 0 Å². The van der Waals surface area contributed by atoms with Crippen LogP contribution in [0.1, 0.15) is 23.6 Å². The molecule has 3 rings (SSSR count). The minimum Gasteiger partial charge on any atom is -0.339 e. The second kappa shape index (κ2) is 6.07. The van der Waals surface area contributed by atoms with E-state index in [0.29, 0.717) is 22.0 Å². The average molecular weight is 361 g/mol. The molecule has 24 heavy (non-hydrogen) atoms. The molecule has 0 unspecified atom stereocenters. The third kappa shape index (κ3) is 3.09. The Kier molecular flexibility index (Phi) is 4.24. The summed E-state index contributed by atoms with van der Waals surface area (Å²) in [6.45, 7) is 5.74. The summed E-state index contributed by atoms with van der Waals surface area (Å²) in [6.07, 6.45) is 0. The molecule has 124 valence electrons. The summed E-state index contributed by atoms with van der Waals surface area (Å²) in [4.78, 5) is 0.214. The number of hydrogen-bond acceptors (Lipinski definition) is 3. The Labute approximate surface area is 146 Å². The number of sulfonamides is 1. The van der Waals surface area contributed by atoms with Crippen LogP contribution in [-0.4, -0.2) is 14.3 Å². The molecule has 4 nitrogen and oxygen atoms in total. The predicted molar refractivity (Wildman–Crippen MR) is 99.9 cm³/mol. The van der Waals surface area contributed by atoms with Gasteiger partial charge >= 0.3 is 0 Å². The molecule has 1 aliphatic heterocycles. The smallest absolute Gasteiger partial charge is 0.285 e. The van der Waals surface area contributed by atoms with Crippen molar-refractivity contribution in [3.05, 3.63) is 69.8 Å². The van der Waals surface area contributed by atoms with E-state index in [4.69, 9.17) is 11.6 Å². The van der Waals surface area contributed by atoms with Crippen LogP contribution >= 0.6 is 11.6 Å². The molecule has 0 radical (unpaired) electrons. The van der Waals surface area contributed by atoms with Gasteiger partial charge in [0.25, 0.3) is 10.0 Å². The number of hydrogen-bond donors (Lipinski definition) is 1. The van der Waals surface area contributed by atoms with Crippen molar-refractivity contribution < 1.29 is 8.42 Å². The average Bonchev–Trinajstić information content (AvgIpc) is 2.73. The third-order valence-corrected chi connectivity index (χ3v) is 5.64. The Morgan fingerprint density at radius 2 is 1.67 bits per heavy atom. The van der Waals surface area contributed by atoms with Gasteiger partial charge in [-0.3, -0.25) is 0 Å². The molecular weight excluding hydrogens is 344 g/mol. The SMILES string of the molecule is CC1=C(c2ccc(Cl)cc2)S(=O)(=O)N=C1Nc1ccc(C)cc1C. The minimum atomic E-state index is -3.73. The van der Waals surface area contributed by atoms with E-state index in [1.807, 2.05) is 32.0 Å². The minimum absolute atomic E-state index is 0.214. The highest BCUT2D eigenvalue weighted by Gasteiger charge is 2.31. The van der Waals surface area contributed by atoms with Crippen molar-refractivity contribution in [2.24, 2.45) is 4.40 Å². The first-order chi connectivity index (χ1) is 11.3. The zero-order valence-corrected chi connectivity index (χ0v) is 15.2. The maximum Gasteiger partial charge on any atom is 0.285 e. The van der Waals surface area contributed by atoms with Crippen LogP contribution in [-0.2, 0) is 10.0 Å². The highest BCUT2D eigenvalue weighted by Crippen LogP contribution is 2.33. The standard InChI is InChI=1S/C18H17ClN2O2S/c1-11-4-9-16(12(2)10-11)20-18-13(3)17(24(22,23)21-18)14-5-7-15(19)8-6-14/h4-10H,1-3H3,(H,20,21). The maximum absolute atomic E-state index is 12.5. The van der Waals surface area contributed by atoms with E-state index in [-0.39, 0.29) is 4.91 Å². The van der Waals surface area contributed by atoms with Crippen LogP contribution in [0.2, 0.25) is 5.02 Å². The van der Waals surface area contributed by atoms with Crippen molar-refractivity contribution in [1.82, 2.24) is 0 Å². The lowest BCUT2D eigenvalue weighted by atomic mass is 10.1. The van der Waals surface area contributed by atoms with Gasteiger partial charge in [0.1, 0.15) is 10.7 Å². The fourth-order valence-electron chi connectivity index (χ4n) is 2.70. The van der Waals surface area contributed by atoms with Crippen LogP contribution in [0.15, 0.2) is 52.4 Å². The lowest BCUT2D eigenvalue weighted by Gasteiger charge is -2.10. The van der Waals surface area contributed by atoms with Gasteiger partial charge in [-0.05, 0) is 50.1 Å². The predicted octanol–water partition coefficient (Wildman–Crippen LogP) is 4.54. The largest absolute Gasteiger partial charge is 0.339 e. The van der Waals surface area contributed by atoms with E-state index in [1.165, 1.54) is 0 Å². The van der Waals surface area contributed by atoms with Gasteiger partial charge in [0.2, 0.25) is 0 Å². The molecule has 2 aromatic carbocycles. The lowest BCUT2D eigenvalue weighted by molar-refractivity contribution is 0.608. The van der Waals surface area contributed by atoms with Gasteiger partial charge in [-0.15, -0.1) is 4.40 Å². The molecule has 2 aromatic rings. The molecule has 1 heterocycles. The normalized spacial score (nSPS) is 16.2. The van der Waals surface area contributed by atoms with E-state index >= 15 is 0 Å². The summed E-state index contributed by atoms with van der Waals surface area (Å²) in [5.74, 6) is 0.354. The third-order valence-electron chi connectivity index (χ3n) is 3.91. The van der Waals surface area contributed by atoms with Gasteiger partial charge in [0, 0.05) is 16.3 Å². The summed E-state index contributed by atoms with van der Waals surface area (Å²) in [6, 6.07) is 12.6. The zero-order chi connectivity index (χ0) is 17.5. The Balaban J connectivity index is 2.02. The first kappa shape index (κ1) is 16.7. The van der Waals surface area contributed by atoms with Crippen molar-refractivity contribution in [3.63, 3.8) is 0 Å². The first-order valence-corrected chi connectivity index (χ1v) is 9.26. The molecule has 0 amide bonds. The molecule has 6 heteroatoms. The van der Waals surface area contributed by atoms with Crippen LogP contribution in [0.3, 0.4) is 0 Å². The summed E-state index contributed by atoms with van der Waals surface area (Å²) in [7, 11) is -3.73. The number of anilines is 1. The Bertz CT molecular complexity index is 975. The van der Waals surface area contributed by atoms with Gasteiger partial charge in [-0.2, -0.15) is 8.42 Å². The van der Waals surface area contributed by atoms with E-state index in [0.717, 1.165) is 16.8 Å². The van der Waals surface area contributed by atoms with E-state index in [1.54, 1.807) is 31.2 Å². The summed E-state index contributed by atoms with van der Waals surface area (Å²) in [5.41, 5.74) is 4.19. The number of benzene rings is 2. The van der Waals surface area contributed by atoms with Crippen molar-refractivity contribution >= 4 is 38.1 Å². The Hall–Kier alpha value is -2.11. The highest BCUT2D eigenvalue weighted by atomic mass is 35.5. The fourth-order valence-corrected chi connectivity index (χ4v) is 4.26. The van der Waals surface area contributed by atoms with Crippen molar-refractivity contribution in [3.8, 4) is 0 Å². The van der Waals surface area contributed by atoms with Gasteiger partial charge in [0.05, 0.1) is 0 Å². The van der Waals surface area contributed by atoms with Crippen molar-refractivity contribution in [2.75, 3.05) is 5.32 Å². The number of rotatable bonds is 2. The van der Waals surface area contributed by atoms with Gasteiger partial charge < -0.3 is 5.32 Å². The van der Waals surface area contributed by atoms with E-state index < -0.39 is 10.0 Å². The maximum atomic E-state index is 12.5. The van der Waals surface area contributed by atoms with Gasteiger partial charge in [-0.1, -0.05) is 41.4 Å². The highest BCUT2D eigenvalue weighted by molar-refractivity contribution is 8.00. The monoisotopic (exact) mass is 360 g/mol. The second-order valence-electron chi connectivity index (χ2n) is 5.82. The number of nitrogens with zero attached hydrogens (tertiary/aromatic N) is 1. The zero-order valence-electron chi connectivity index (χ0n) is 13.6. The molecule has 1 N–H and O–H groups in total. The molecule has 0 spiro atoms. The van der Waals surface area contributed by atoms with Crippen LogP contribution in [0.5, 0.6) is 0 Å². The summed E-state index contributed by atoms with van der Waals surface area (Å²) < 4.78 is 28.9. The first-order valence-electron chi connectivity index (χ1n) is 7.44. The van der Waals surface area contributed by atoms with E-state index in [9.17, 15) is 8.42 Å². The topological polar surface area (TPSA) is 58.5 Å². The van der Waals surface area contributed by atoms with Gasteiger partial charge in [-0.25, -0.2) is 0 Å². The van der Waals surface area contributed by atoms with Crippen LogP contribution in [0, 0.1) is 13.8 Å². The molecule has 0 aliphatic carbocycles. The van der Waals surface area contributed by atoms with Gasteiger partial charge in [0.15, 0.2) is 0 Å². The molecule has 0 atom stereocenters. The van der Waals surface area contributed by atoms with Crippen LogP contribution < -0.4 is 5.32 Å². The number of amidine groups is 1.